The van der Waals surface area contributed by atoms with Crippen LogP contribution in [0.3, 0.4) is 0 Å². The van der Waals surface area contributed by atoms with Gasteiger partial charge in [0.1, 0.15) is 5.70 Å². The van der Waals surface area contributed by atoms with Crippen molar-refractivity contribution in [3.63, 3.8) is 0 Å². The van der Waals surface area contributed by atoms with Crippen molar-refractivity contribution in [1.82, 2.24) is 14.8 Å². The minimum atomic E-state index is -0.391. The summed E-state index contributed by atoms with van der Waals surface area (Å²) in [6.07, 6.45) is 5.47. The summed E-state index contributed by atoms with van der Waals surface area (Å²) in [5.41, 5.74) is 2.57. The number of carbonyl (C=O) groups is 2. The Hall–Kier alpha value is -3.74. The molecule has 3 rings (SSSR count). The fourth-order valence-corrected chi connectivity index (χ4v) is 4.16. The summed E-state index contributed by atoms with van der Waals surface area (Å²) in [6.45, 7) is 8.19. The Bertz CT molecular complexity index is 1210. The number of benzene rings is 2. The molecule has 7 heteroatoms. The van der Waals surface area contributed by atoms with E-state index in [0.29, 0.717) is 30.2 Å². The number of aryl methyl sites for hydroxylation is 1. The fraction of sp³-hybridized carbons (Fsp3) is 0.357. The quantitative estimate of drug-likeness (QED) is 0.390. The normalized spacial score (nSPS) is 11.4. The summed E-state index contributed by atoms with van der Waals surface area (Å²) in [5.74, 6) is 0.385. The van der Waals surface area contributed by atoms with Crippen molar-refractivity contribution in [2.75, 3.05) is 27.3 Å². The van der Waals surface area contributed by atoms with Gasteiger partial charge in [-0.2, -0.15) is 0 Å². The molecular weight excluding hydrogens is 442 g/mol. The van der Waals surface area contributed by atoms with Crippen LogP contribution in [-0.4, -0.2) is 48.6 Å². The third-order valence-electron chi connectivity index (χ3n) is 5.86. The van der Waals surface area contributed by atoms with Crippen LogP contribution in [0, 0.1) is 0 Å². The smallest absolute Gasteiger partial charge is 0.270 e. The van der Waals surface area contributed by atoms with E-state index in [1.807, 2.05) is 38.2 Å². The number of methoxy groups -OCH3 is 2. The van der Waals surface area contributed by atoms with Crippen molar-refractivity contribution in [2.45, 2.75) is 40.2 Å². The van der Waals surface area contributed by atoms with E-state index in [1.54, 1.807) is 36.3 Å². The zero-order chi connectivity index (χ0) is 25.4. The number of ether oxygens (including phenoxy) is 2. The Morgan fingerprint density at radius 3 is 2.29 bits per heavy atom. The summed E-state index contributed by atoms with van der Waals surface area (Å²) in [5, 5.41) is 3.91. The molecule has 1 N–H and O–H groups in total. The summed E-state index contributed by atoms with van der Waals surface area (Å²) in [6, 6.07) is 13.0. The van der Waals surface area contributed by atoms with Crippen LogP contribution >= 0.6 is 0 Å². The lowest BCUT2D eigenvalue weighted by molar-refractivity contribution is -0.127. The van der Waals surface area contributed by atoms with Crippen LogP contribution in [-0.2, 0) is 11.3 Å². The van der Waals surface area contributed by atoms with E-state index < -0.39 is 5.91 Å². The molecule has 2 amide bonds. The van der Waals surface area contributed by atoms with Gasteiger partial charge in [-0.1, -0.05) is 32.0 Å². The highest BCUT2D eigenvalue weighted by Gasteiger charge is 2.21. The van der Waals surface area contributed by atoms with E-state index >= 15 is 0 Å². The lowest BCUT2D eigenvalue weighted by atomic mass is 10.1. The van der Waals surface area contributed by atoms with Crippen molar-refractivity contribution in [2.24, 2.45) is 0 Å². The lowest BCUT2D eigenvalue weighted by Gasteiger charge is -2.23. The molecule has 0 unspecified atom stereocenters. The standard InChI is InChI=1S/C28H35N3O4/c1-6-15-31(16-7-2)28(33)23(17-21-19-30(8-3)24-12-10-9-11-22(21)24)29-27(32)20-13-14-25(34-4)26(18-20)35-5/h9-14,17-19H,6-8,15-16H2,1-5H3,(H,29,32). The zero-order valence-electron chi connectivity index (χ0n) is 21.3. The van der Waals surface area contributed by atoms with Crippen molar-refractivity contribution < 1.29 is 19.1 Å². The molecule has 0 aliphatic heterocycles. The number of para-hydroxylation sites is 1. The third kappa shape index (κ3) is 5.85. The molecule has 0 fully saturated rings. The number of fused-ring (bicyclic) bond motifs is 1. The summed E-state index contributed by atoms with van der Waals surface area (Å²) < 4.78 is 12.8. The van der Waals surface area contributed by atoms with E-state index in [1.165, 1.54) is 7.11 Å². The first-order chi connectivity index (χ1) is 17.0. The minimum absolute atomic E-state index is 0.198. The predicted molar refractivity (Wildman–Crippen MR) is 140 cm³/mol. The van der Waals surface area contributed by atoms with Crippen LogP contribution in [0.2, 0.25) is 0 Å². The number of hydrogen-bond acceptors (Lipinski definition) is 4. The second-order valence-electron chi connectivity index (χ2n) is 8.26. The van der Waals surface area contributed by atoms with Crippen LogP contribution in [0.4, 0.5) is 0 Å². The van der Waals surface area contributed by atoms with Crippen molar-refractivity contribution in [3.8, 4) is 11.5 Å². The first-order valence-electron chi connectivity index (χ1n) is 12.1. The summed E-state index contributed by atoms with van der Waals surface area (Å²) in [4.78, 5) is 28.7. The number of carbonyl (C=O) groups excluding carboxylic acids is 2. The van der Waals surface area contributed by atoms with Gasteiger partial charge in [0, 0.05) is 47.9 Å². The molecule has 1 heterocycles. The van der Waals surface area contributed by atoms with Crippen molar-refractivity contribution in [3.05, 3.63) is 65.5 Å². The van der Waals surface area contributed by atoms with Gasteiger partial charge in [0.15, 0.2) is 11.5 Å². The minimum Gasteiger partial charge on any atom is -0.493 e. The van der Waals surface area contributed by atoms with Gasteiger partial charge in [0.05, 0.1) is 14.2 Å². The third-order valence-corrected chi connectivity index (χ3v) is 5.86. The molecule has 0 atom stereocenters. The Morgan fingerprint density at radius 2 is 1.66 bits per heavy atom. The molecule has 0 saturated heterocycles. The van der Waals surface area contributed by atoms with Gasteiger partial charge in [0.25, 0.3) is 11.8 Å². The molecule has 7 nitrogen and oxygen atoms in total. The second-order valence-corrected chi connectivity index (χ2v) is 8.26. The molecule has 3 aromatic rings. The molecule has 0 aliphatic carbocycles. The Kier molecular flexibility index (Phi) is 8.95. The second kappa shape index (κ2) is 12.1. The highest BCUT2D eigenvalue weighted by molar-refractivity contribution is 6.06. The molecule has 0 bridgehead atoms. The van der Waals surface area contributed by atoms with Crippen LogP contribution in [0.25, 0.3) is 17.0 Å². The average molecular weight is 478 g/mol. The predicted octanol–water partition coefficient (Wildman–Crippen LogP) is 5.10. The van der Waals surface area contributed by atoms with Crippen LogP contribution < -0.4 is 14.8 Å². The molecular formula is C28H35N3O4. The number of amides is 2. The SMILES string of the molecule is CCCN(CCC)C(=O)C(=Cc1cn(CC)c2ccccc12)NC(=O)c1ccc(OC)c(OC)c1. The first kappa shape index (κ1) is 25.9. The first-order valence-corrected chi connectivity index (χ1v) is 12.1. The molecule has 186 valence electrons. The molecule has 2 aromatic carbocycles. The van der Waals surface area contributed by atoms with Gasteiger partial charge < -0.3 is 24.3 Å². The van der Waals surface area contributed by atoms with Gasteiger partial charge in [-0.25, -0.2) is 0 Å². The van der Waals surface area contributed by atoms with E-state index in [0.717, 1.165) is 35.9 Å². The lowest BCUT2D eigenvalue weighted by Crippen LogP contribution is -2.39. The molecule has 0 spiro atoms. The number of rotatable bonds is 11. The Labute approximate surface area is 207 Å². The largest absolute Gasteiger partial charge is 0.493 e. The van der Waals surface area contributed by atoms with Gasteiger partial charge in [-0.3, -0.25) is 9.59 Å². The number of nitrogens with zero attached hydrogens (tertiary/aromatic N) is 2. The molecule has 0 radical (unpaired) electrons. The van der Waals surface area contributed by atoms with Crippen molar-refractivity contribution >= 4 is 28.8 Å². The number of hydrogen-bond donors (Lipinski definition) is 1. The van der Waals surface area contributed by atoms with Gasteiger partial charge in [0.2, 0.25) is 0 Å². The Balaban J connectivity index is 2.05. The maximum atomic E-state index is 13.6. The maximum Gasteiger partial charge on any atom is 0.270 e. The fourth-order valence-electron chi connectivity index (χ4n) is 4.16. The summed E-state index contributed by atoms with van der Waals surface area (Å²) in [7, 11) is 3.06. The highest BCUT2D eigenvalue weighted by atomic mass is 16.5. The Morgan fingerprint density at radius 1 is 0.971 bits per heavy atom. The van der Waals surface area contributed by atoms with Gasteiger partial charge in [-0.05, 0) is 50.1 Å². The molecule has 1 aromatic heterocycles. The molecule has 35 heavy (non-hydrogen) atoms. The van der Waals surface area contributed by atoms with Crippen LogP contribution in [0.15, 0.2) is 54.4 Å². The zero-order valence-corrected chi connectivity index (χ0v) is 21.3. The van der Waals surface area contributed by atoms with E-state index in [9.17, 15) is 9.59 Å². The van der Waals surface area contributed by atoms with Gasteiger partial charge >= 0.3 is 0 Å². The van der Waals surface area contributed by atoms with E-state index in [-0.39, 0.29) is 11.6 Å². The van der Waals surface area contributed by atoms with Crippen LogP contribution in [0.5, 0.6) is 11.5 Å². The number of aromatic nitrogens is 1. The van der Waals surface area contributed by atoms with E-state index in [4.69, 9.17) is 9.47 Å². The molecule has 0 saturated carbocycles. The van der Waals surface area contributed by atoms with Crippen LogP contribution in [0.1, 0.15) is 49.5 Å². The topological polar surface area (TPSA) is 72.8 Å². The average Bonchev–Trinajstić information content (AvgIpc) is 3.24. The highest BCUT2D eigenvalue weighted by Crippen LogP contribution is 2.28. The summed E-state index contributed by atoms with van der Waals surface area (Å²) >= 11 is 0. The van der Waals surface area contributed by atoms with E-state index in [2.05, 4.69) is 22.9 Å². The maximum absolute atomic E-state index is 13.6. The van der Waals surface area contributed by atoms with Crippen molar-refractivity contribution in [1.29, 1.82) is 0 Å². The van der Waals surface area contributed by atoms with Gasteiger partial charge in [-0.15, -0.1) is 0 Å². The monoisotopic (exact) mass is 477 g/mol. The molecule has 0 aliphatic rings. The number of nitrogens with one attached hydrogen (secondary N) is 1.